The molecule has 3 nitrogen and oxygen atoms in total. The maximum Gasteiger partial charge on any atom is 0.257 e. The summed E-state index contributed by atoms with van der Waals surface area (Å²) in [6.45, 7) is 2.89. The molecule has 0 aromatic heterocycles. The molecular formula is C13H16BrNO2. The van der Waals surface area contributed by atoms with E-state index in [1.807, 2.05) is 4.90 Å². The molecule has 4 heteroatoms. The van der Waals surface area contributed by atoms with E-state index in [-0.39, 0.29) is 11.7 Å². The molecule has 0 bridgehead atoms. The molecule has 1 N–H and O–H groups in total. The molecule has 1 heterocycles. The highest BCUT2D eigenvalue weighted by Crippen LogP contribution is 2.27. The van der Waals surface area contributed by atoms with Crippen molar-refractivity contribution in [1.29, 1.82) is 0 Å². The molecule has 17 heavy (non-hydrogen) atoms. The fraction of sp³-hybridized carbons (Fsp3) is 0.462. The highest BCUT2D eigenvalue weighted by atomic mass is 79.9. The van der Waals surface area contributed by atoms with E-state index in [0.717, 1.165) is 30.3 Å². The fourth-order valence-electron chi connectivity index (χ4n) is 2.36. The lowest BCUT2D eigenvalue weighted by Crippen LogP contribution is -2.35. The van der Waals surface area contributed by atoms with Gasteiger partial charge in [0.05, 0.1) is 5.56 Å². The number of rotatable bonds is 2. The first-order valence-corrected chi connectivity index (χ1v) is 6.72. The van der Waals surface area contributed by atoms with Gasteiger partial charge in [-0.05, 0) is 37.5 Å². The minimum atomic E-state index is -0.0619. The summed E-state index contributed by atoms with van der Waals surface area (Å²) >= 11 is 3.32. The SMILES string of the molecule is CCC1CCCN1C(=O)c1cc(Br)ccc1O. The summed E-state index contributed by atoms with van der Waals surface area (Å²) in [5.41, 5.74) is 0.389. The predicted octanol–water partition coefficient (Wildman–Crippen LogP) is 3.17. The van der Waals surface area contributed by atoms with Crippen molar-refractivity contribution in [3.05, 3.63) is 28.2 Å². The van der Waals surface area contributed by atoms with Crippen molar-refractivity contribution in [2.24, 2.45) is 0 Å². The van der Waals surface area contributed by atoms with Crippen molar-refractivity contribution in [1.82, 2.24) is 4.90 Å². The number of benzene rings is 1. The average molecular weight is 298 g/mol. The second kappa shape index (κ2) is 5.08. The van der Waals surface area contributed by atoms with Crippen LogP contribution in [0.3, 0.4) is 0 Å². The lowest BCUT2D eigenvalue weighted by molar-refractivity contribution is 0.0730. The minimum Gasteiger partial charge on any atom is -0.507 e. The summed E-state index contributed by atoms with van der Waals surface area (Å²) in [5, 5.41) is 9.76. The van der Waals surface area contributed by atoms with Gasteiger partial charge in [0, 0.05) is 17.1 Å². The maximum absolute atomic E-state index is 12.3. The zero-order valence-electron chi connectivity index (χ0n) is 9.82. The number of phenols is 1. The average Bonchev–Trinajstić information content (AvgIpc) is 2.79. The molecule has 1 unspecified atom stereocenters. The molecule has 0 saturated carbocycles. The van der Waals surface area contributed by atoms with E-state index in [4.69, 9.17) is 0 Å². The highest BCUT2D eigenvalue weighted by Gasteiger charge is 2.29. The summed E-state index contributed by atoms with van der Waals surface area (Å²) in [7, 11) is 0. The van der Waals surface area contributed by atoms with Crippen LogP contribution < -0.4 is 0 Å². The summed E-state index contributed by atoms with van der Waals surface area (Å²) < 4.78 is 0.811. The first kappa shape index (κ1) is 12.4. The molecule has 1 fully saturated rings. The molecular weight excluding hydrogens is 282 g/mol. The first-order valence-electron chi connectivity index (χ1n) is 5.93. The second-order valence-electron chi connectivity index (χ2n) is 4.36. The van der Waals surface area contributed by atoms with Crippen LogP contribution in [0.2, 0.25) is 0 Å². The van der Waals surface area contributed by atoms with Gasteiger partial charge in [-0.15, -0.1) is 0 Å². The van der Waals surface area contributed by atoms with Crippen LogP contribution in [-0.4, -0.2) is 28.5 Å². The zero-order chi connectivity index (χ0) is 12.4. The topological polar surface area (TPSA) is 40.5 Å². The van der Waals surface area contributed by atoms with Crippen LogP contribution in [0.25, 0.3) is 0 Å². The van der Waals surface area contributed by atoms with Crippen LogP contribution >= 0.6 is 15.9 Å². The van der Waals surface area contributed by atoms with E-state index in [1.165, 1.54) is 0 Å². The van der Waals surface area contributed by atoms with E-state index >= 15 is 0 Å². The molecule has 0 aliphatic carbocycles. The van der Waals surface area contributed by atoms with Gasteiger partial charge in [0.1, 0.15) is 5.75 Å². The highest BCUT2D eigenvalue weighted by molar-refractivity contribution is 9.10. The second-order valence-corrected chi connectivity index (χ2v) is 5.28. The molecule has 1 amide bonds. The van der Waals surface area contributed by atoms with E-state index in [1.54, 1.807) is 18.2 Å². The van der Waals surface area contributed by atoms with Crippen LogP contribution in [0.1, 0.15) is 36.5 Å². The van der Waals surface area contributed by atoms with Gasteiger partial charge >= 0.3 is 0 Å². The molecule has 1 aliphatic heterocycles. The van der Waals surface area contributed by atoms with Crippen molar-refractivity contribution < 1.29 is 9.90 Å². The third-order valence-corrected chi connectivity index (χ3v) is 3.79. The van der Waals surface area contributed by atoms with Crippen molar-refractivity contribution in [2.45, 2.75) is 32.2 Å². The number of carbonyl (C=O) groups is 1. The number of carbonyl (C=O) groups excluding carboxylic acids is 1. The molecule has 0 radical (unpaired) electrons. The monoisotopic (exact) mass is 297 g/mol. The Morgan fingerprint density at radius 1 is 1.59 bits per heavy atom. The van der Waals surface area contributed by atoms with Gasteiger partial charge in [0.2, 0.25) is 0 Å². The number of hydrogen-bond acceptors (Lipinski definition) is 2. The third-order valence-electron chi connectivity index (χ3n) is 3.30. The van der Waals surface area contributed by atoms with E-state index in [9.17, 15) is 9.90 Å². The molecule has 1 saturated heterocycles. The fourth-order valence-corrected chi connectivity index (χ4v) is 2.72. The summed E-state index contributed by atoms with van der Waals surface area (Å²) in [5.74, 6) is -0.00639. The van der Waals surface area contributed by atoms with Crippen LogP contribution in [0.4, 0.5) is 0 Å². The van der Waals surface area contributed by atoms with Crippen LogP contribution in [0.15, 0.2) is 22.7 Å². The van der Waals surface area contributed by atoms with Crippen LogP contribution in [-0.2, 0) is 0 Å². The van der Waals surface area contributed by atoms with Gasteiger partial charge in [-0.3, -0.25) is 4.79 Å². The molecule has 1 aliphatic rings. The number of aromatic hydroxyl groups is 1. The van der Waals surface area contributed by atoms with Gasteiger partial charge in [0.25, 0.3) is 5.91 Å². The quantitative estimate of drug-likeness (QED) is 0.911. The normalized spacial score (nSPS) is 19.6. The Balaban J connectivity index is 2.27. The Labute approximate surface area is 110 Å². The molecule has 2 rings (SSSR count). The number of amides is 1. The maximum atomic E-state index is 12.3. The predicted molar refractivity (Wildman–Crippen MR) is 70.2 cm³/mol. The molecule has 1 atom stereocenters. The summed E-state index contributed by atoms with van der Waals surface area (Å²) in [6.07, 6.45) is 3.09. The van der Waals surface area contributed by atoms with Gasteiger partial charge in [0.15, 0.2) is 0 Å². The number of halogens is 1. The lowest BCUT2D eigenvalue weighted by atomic mass is 10.1. The van der Waals surface area contributed by atoms with Crippen LogP contribution in [0, 0.1) is 0 Å². The Morgan fingerprint density at radius 3 is 3.06 bits per heavy atom. The van der Waals surface area contributed by atoms with Gasteiger partial charge in [-0.1, -0.05) is 22.9 Å². The van der Waals surface area contributed by atoms with E-state index < -0.39 is 0 Å². The van der Waals surface area contributed by atoms with Crippen molar-refractivity contribution >= 4 is 21.8 Å². The summed E-state index contributed by atoms with van der Waals surface area (Å²) in [6, 6.07) is 5.28. The largest absolute Gasteiger partial charge is 0.507 e. The molecule has 0 spiro atoms. The smallest absolute Gasteiger partial charge is 0.257 e. The number of hydrogen-bond donors (Lipinski definition) is 1. The van der Waals surface area contributed by atoms with Gasteiger partial charge in [-0.2, -0.15) is 0 Å². The summed E-state index contributed by atoms with van der Waals surface area (Å²) in [4.78, 5) is 14.2. The molecule has 1 aromatic carbocycles. The van der Waals surface area contributed by atoms with Crippen molar-refractivity contribution in [3.63, 3.8) is 0 Å². The zero-order valence-corrected chi connectivity index (χ0v) is 11.4. The van der Waals surface area contributed by atoms with Gasteiger partial charge in [-0.25, -0.2) is 0 Å². The van der Waals surface area contributed by atoms with Crippen molar-refractivity contribution in [3.8, 4) is 5.75 Å². The Bertz CT molecular complexity index is 433. The van der Waals surface area contributed by atoms with Gasteiger partial charge < -0.3 is 10.0 Å². The standard InChI is InChI=1S/C13H16BrNO2/c1-2-10-4-3-7-15(10)13(17)11-8-9(14)5-6-12(11)16/h5-6,8,10,16H,2-4,7H2,1H3. The minimum absolute atomic E-state index is 0.0555. The van der Waals surface area contributed by atoms with E-state index in [0.29, 0.717) is 11.6 Å². The number of phenolic OH excluding ortho intramolecular Hbond substituents is 1. The first-order chi connectivity index (χ1) is 8.13. The molecule has 92 valence electrons. The number of likely N-dealkylation sites (tertiary alicyclic amines) is 1. The Morgan fingerprint density at radius 2 is 2.35 bits per heavy atom. The van der Waals surface area contributed by atoms with Crippen LogP contribution in [0.5, 0.6) is 5.75 Å². The van der Waals surface area contributed by atoms with Crippen molar-refractivity contribution in [2.75, 3.05) is 6.54 Å². The Hall–Kier alpha value is -1.03. The number of nitrogens with zero attached hydrogens (tertiary/aromatic N) is 1. The third kappa shape index (κ3) is 2.46. The van der Waals surface area contributed by atoms with E-state index in [2.05, 4.69) is 22.9 Å². The molecule has 1 aromatic rings. The lowest BCUT2D eigenvalue weighted by Gasteiger charge is -2.24. The Kier molecular flexibility index (Phi) is 3.72.